The van der Waals surface area contributed by atoms with E-state index in [0.29, 0.717) is 0 Å². The molecule has 90 valence electrons. The molecule has 0 spiro atoms. The summed E-state index contributed by atoms with van der Waals surface area (Å²) in [5, 5.41) is 0. The Hall–Kier alpha value is -0.0800. The molecule has 0 amide bonds. The summed E-state index contributed by atoms with van der Waals surface area (Å²) in [6.45, 7) is 3.13. The molecule has 0 N–H and O–H groups in total. The molecule has 2 nitrogen and oxygen atoms in total. The number of hydrogen-bond donors (Lipinski definition) is 0. The van der Waals surface area contributed by atoms with E-state index < -0.39 is 0 Å². The molecule has 1 fully saturated rings. The molecule has 0 saturated carbocycles. The smallest absolute Gasteiger partial charge is 0.167 e. The van der Waals surface area contributed by atoms with Crippen molar-refractivity contribution in [1.82, 2.24) is 0 Å². The van der Waals surface area contributed by atoms with Crippen molar-refractivity contribution < 1.29 is 9.47 Å². The second-order valence-electron chi connectivity index (χ2n) is 4.58. The van der Waals surface area contributed by atoms with E-state index in [9.17, 15) is 0 Å². The van der Waals surface area contributed by atoms with Crippen LogP contribution in [0.3, 0.4) is 0 Å². The number of methoxy groups -OCH3 is 1. The second kappa shape index (κ2) is 7.24. The highest BCUT2D eigenvalue weighted by atomic mass is 16.7. The lowest BCUT2D eigenvalue weighted by molar-refractivity contribution is -0.246. The van der Waals surface area contributed by atoms with Crippen LogP contribution in [0.2, 0.25) is 0 Å². The van der Waals surface area contributed by atoms with Gasteiger partial charge in [0.1, 0.15) is 0 Å². The highest BCUT2D eigenvalue weighted by Gasteiger charge is 2.32. The van der Waals surface area contributed by atoms with Crippen molar-refractivity contribution in [3.05, 3.63) is 0 Å². The molecular weight excluding hydrogens is 188 g/mol. The lowest BCUT2D eigenvalue weighted by atomic mass is 9.98. The second-order valence-corrected chi connectivity index (χ2v) is 4.58. The lowest BCUT2D eigenvalue weighted by Crippen LogP contribution is -2.38. The van der Waals surface area contributed by atoms with Crippen molar-refractivity contribution in [3.8, 4) is 0 Å². The molecule has 0 aliphatic carbocycles. The monoisotopic (exact) mass is 214 g/mol. The zero-order chi connectivity index (χ0) is 11.0. The Bertz CT molecular complexity index is 151. The molecule has 1 unspecified atom stereocenters. The van der Waals surface area contributed by atoms with Gasteiger partial charge in [-0.25, -0.2) is 0 Å². The zero-order valence-electron chi connectivity index (χ0n) is 10.4. The Labute approximate surface area is 94.3 Å². The van der Waals surface area contributed by atoms with Crippen LogP contribution in [0, 0.1) is 0 Å². The van der Waals surface area contributed by atoms with E-state index in [4.69, 9.17) is 9.47 Å². The maximum absolute atomic E-state index is 5.80. The molecule has 0 aromatic heterocycles. The Balaban J connectivity index is 2.15. The summed E-state index contributed by atoms with van der Waals surface area (Å²) in [5.74, 6) is -0.232. The fourth-order valence-electron chi connectivity index (χ4n) is 2.28. The predicted molar refractivity (Wildman–Crippen MR) is 62.9 cm³/mol. The molecule has 1 saturated heterocycles. The van der Waals surface area contributed by atoms with Crippen molar-refractivity contribution in [1.29, 1.82) is 0 Å². The third kappa shape index (κ3) is 4.52. The van der Waals surface area contributed by atoms with Gasteiger partial charge in [-0.1, -0.05) is 32.6 Å². The van der Waals surface area contributed by atoms with Gasteiger partial charge in [-0.15, -0.1) is 0 Å². The molecule has 1 heterocycles. The topological polar surface area (TPSA) is 18.5 Å². The minimum Gasteiger partial charge on any atom is -0.353 e. The van der Waals surface area contributed by atoms with E-state index in [1.165, 1.54) is 44.9 Å². The summed E-state index contributed by atoms with van der Waals surface area (Å²) >= 11 is 0. The largest absolute Gasteiger partial charge is 0.353 e. The zero-order valence-corrected chi connectivity index (χ0v) is 10.4. The summed E-state index contributed by atoms with van der Waals surface area (Å²) in [7, 11) is 1.79. The normalized spacial score (nSPS) is 26.8. The van der Waals surface area contributed by atoms with E-state index in [1.54, 1.807) is 7.11 Å². The Morgan fingerprint density at radius 1 is 1.13 bits per heavy atom. The standard InChI is InChI=1S/C13H26O2/c1-3-4-5-6-7-10-13(14-2)11-8-9-12-15-13/h3-12H2,1-2H3. The maximum atomic E-state index is 5.80. The molecule has 2 heteroatoms. The van der Waals surface area contributed by atoms with E-state index in [2.05, 4.69) is 6.92 Å². The van der Waals surface area contributed by atoms with Crippen LogP contribution in [0.15, 0.2) is 0 Å². The molecule has 1 atom stereocenters. The molecular formula is C13H26O2. The van der Waals surface area contributed by atoms with Gasteiger partial charge in [0.05, 0.1) is 6.61 Å². The first kappa shape index (κ1) is 13.0. The average Bonchev–Trinajstić information content (AvgIpc) is 2.30. The van der Waals surface area contributed by atoms with E-state index in [1.807, 2.05) is 0 Å². The SMILES string of the molecule is CCCCCCCC1(OC)CCCCO1. The van der Waals surface area contributed by atoms with E-state index in [0.717, 1.165) is 19.4 Å². The van der Waals surface area contributed by atoms with Crippen molar-refractivity contribution in [2.45, 2.75) is 70.5 Å². The molecule has 0 radical (unpaired) electrons. The van der Waals surface area contributed by atoms with Gasteiger partial charge in [-0.3, -0.25) is 0 Å². The first-order valence-corrected chi connectivity index (χ1v) is 6.52. The van der Waals surface area contributed by atoms with Gasteiger partial charge >= 0.3 is 0 Å². The highest BCUT2D eigenvalue weighted by Crippen LogP contribution is 2.30. The quantitative estimate of drug-likeness (QED) is 0.599. The van der Waals surface area contributed by atoms with Crippen LogP contribution in [0.25, 0.3) is 0 Å². The van der Waals surface area contributed by atoms with Crippen molar-refractivity contribution in [2.75, 3.05) is 13.7 Å². The van der Waals surface area contributed by atoms with Gasteiger partial charge in [0, 0.05) is 20.0 Å². The van der Waals surface area contributed by atoms with Crippen LogP contribution >= 0.6 is 0 Å². The van der Waals surface area contributed by atoms with Gasteiger partial charge in [-0.2, -0.15) is 0 Å². The maximum Gasteiger partial charge on any atom is 0.167 e. The van der Waals surface area contributed by atoms with Gasteiger partial charge in [0.2, 0.25) is 0 Å². The van der Waals surface area contributed by atoms with Gasteiger partial charge in [0.25, 0.3) is 0 Å². The Morgan fingerprint density at radius 3 is 2.53 bits per heavy atom. The van der Waals surface area contributed by atoms with Crippen LogP contribution in [0.1, 0.15) is 64.7 Å². The van der Waals surface area contributed by atoms with Gasteiger partial charge in [0.15, 0.2) is 5.79 Å². The van der Waals surface area contributed by atoms with Crippen LogP contribution in [-0.4, -0.2) is 19.5 Å². The number of hydrogen-bond acceptors (Lipinski definition) is 2. The van der Waals surface area contributed by atoms with Crippen molar-refractivity contribution in [2.24, 2.45) is 0 Å². The van der Waals surface area contributed by atoms with Crippen molar-refractivity contribution in [3.63, 3.8) is 0 Å². The number of unbranched alkanes of at least 4 members (excludes halogenated alkanes) is 4. The summed E-state index contributed by atoms with van der Waals surface area (Å²) in [6, 6.07) is 0. The molecule has 1 aliphatic heterocycles. The minimum atomic E-state index is -0.232. The molecule has 0 aromatic rings. The third-order valence-electron chi connectivity index (χ3n) is 3.35. The predicted octanol–water partition coefficient (Wildman–Crippen LogP) is 3.89. The Morgan fingerprint density at radius 2 is 1.93 bits per heavy atom. The first-order chi connectivity index (χ1) is 7.33. The summed E-state index contributed by atoms with van der Waals surface area (Å²) in [4.78, 5) is 0. The van der Waals surface area contributed by atoms with Gasteiger partial charge in [-0.05, 0) is 19.3 Å². The fraction of sp³-hybridized carbons (Fsp3) is 1.00. The highest BCUT2D eigenvalue weighted by molar-refractivity contribution is 4.73. The number of rotatable bonds is 7. The van der Waals surface area contributed by atoms with Crippen LogP contribution < -0.4 is 0 Å². The van der Waals surface area contributed by atoms with E-state index in [-0.39, 0.29) is 5.79 Å². The summed E-state index contributed by atoms with van der Waals surface area (Å²) < 4.78 is 11.4. The summed E-state index contributed by atoms with van der Waals surface area (Å²) in [6.07, 6.45) is 11.2. The van der Waals surface area contributed by atoms with E-state index >= 15 is 0 Å². The average molecular weight is 214 g/mol. The minimum absolute atomic E-state index is 0.232. The fourth-order valence-corrected chi connectivity index (χ4v) is 2.28. The molecule has 0 bridgehead atoms. The Kier molecular flexibility index (Phi) is 6.26. The van der Waals surface area contributed by atoms with Crippen LogP contribution in [-0.2, 0) is 9.47 Å². The van der Waals surface area contributed by atoms with Gasteiger partial charge < -0.3 is 9.47 Å². The molecule has 0 aromatic carbocycles. The molecule has 1 aliphatic rings. The summed E-state index contributed by atoms with van der Waals surface area (Å²) in [5.41, 5.74) is 0. The van der Waals surface area contributed by atoms with Crippen LogP contribution in [0.4, 0.5) is 0 Å². The van der Waals surface area contributed by atoms with Crippen molar-refractivity contribution >= 4 is 0 Å². The van der Waals surface area contributed by atoms with Crippen LogP contribution in [0.5, 0.6) is 0 Å². The lowest BCUT2D eigenvalue weighted by Gasteiger charge is -2.36. The third-order valence-corrected chi connectivity index (χ3v) is 3.35. The number of ether oxygens (including phenoxy) is 2. The first-order valence-electron chi connectivity index (χ1n) is 6.52. The molecule has 15 heavy (non-hydrogen) atoms. The molecule has 1 rings (SSSR count).